The molecule has 0 atom stereocenters. The molecule has 0 aliphatic heterocycles. The topological polar surface area (TPSA) is 93.4 Å². The Balaban J connectivity index is 2.13. The van der Waals surface area contributed by atoms with Crippen molar-refractivity contribution in [3.05, 3.63) is 74.1 Å². The van der Waals surface area contributed by atoms with E-state index in [4.69, 9.17) is 23.2 Å². The lowest BCUT2D eigenvalue weighted by atomic mass is 10.2. The number of aromatic nitrogens is 2. The van der Waals surface area contributed by atoms with Crippen molar-refractivity contribution in [3.63, 3.8) is 0 Å². The van der Waals surface area contributed by atoms with Crippen LogP contribution >= 0.6 is 23.2 Å². The lowest BCUT2D eigenvalue weighted by Crippen LogP contribution is -2.24. The second kappa shape index (κ2) is 8.41. The maximum absolute atomic E-state index is 13.1. The molecule has 0 aliphatic carbocycles. The van der Waals surface area contributed by atoms with E-state index >= 15 is 0 Å². The molecule has 1 N–H and O–H groups in total. The maximum Gasteiger partial charge on any atom is 0.296 e. The summed E-state index contributed by atoms with van der Waals surface area (Å²) in [7, 11) is 0.347. The third-order valence-electron chi connectivity index (χ3n) is 4.73. The van der Waals surface area contributed by atoms with Crippen LogP contribution in [-0.2, 0) is 17.1 Å². The SMILES string of the molecule is Cc1c(NS(=O)(=O)c2cc(C(=O)N(C)C)cc(Cl)c2Cl)c(=O)n(-c2ccccc2)n1C. The molecule has 1 heterocycles. The average Bonchev–Trinajstić information content (AvgIpc) is 2.92. The number of amides is 1. The fourth-order valence-corrected chi connectivity index (χ4v) is 4.95. The highest BCUT2D eigenvalue weighted by molar-refractivity contribution is 7.92. The normalized spacial score (nSPS) is 11.4. The van der Waals surface area contributed by atoms with Gasteiger partial charge in [0.1, 0.15) is 10.6 Å². The van der Waals surface area contributed by atoms with Crippen molar-refractivity contribution < 1.29 is 13.2 Å². The Labute approximate surface area is 189 Å². The van der Waals surface area contributed by atoms with Gasteiger partial charge >= 0.3 is 0 Å². The molecule has 0 unspecified atom stereocenters. The van der Waals surface area contributed by atoms with Gasteiger partial charge in [-0.1, -0.05) is 41.4 Å². The molecule has 0 bridgehead atoms. The van der Waals surface area contributed by atoms with Crippen molar-refractivity contribution in [3.8, 4) is 5.69 Å². The molecular weight excluding hydrogens is 463 g/mol. The zero-order chi connectivity index (χ0) is 23.1. The summed E-state index contributed by atoms with van der Waals surface area (Å²) < 4.78 is 31.5. The van der Waals surface area contributed by atoms with Crippen LogP contribution in [0.5, 0.6) is 0 Å². The number of anilines is 1. The van der Waals surface area contributed by atoms with E-state index in [1.807, 2.05) is 6.07 Å². The summed E-state index contributed by atoms with van der Waals surface area (Å²) in [6.45, 7) is 1.61. The second-order valence-corrected chi connectivity index (χ2v) is 9.45. The van der Waals surface area contributed by atoms with E-state index < -0.39 is 26.4 Å². The van der Waals surface area contributed by atoms with Gasteiger partial charge in [-0.3, -0.25) is 19.0 Å². The fraction of sp³-hybridized carbons (Fsp3) is 0.200. The van der Waals surface area contributed by atoms with E-state index in [0.717, 1.165) is 6.07 Å². The number of hydrogen-bond acceptors (Lipinski definition) is 4. The highest BCUT2D eigenvalue weighted by Gasteiger charge is 2.27. The molecule has 3 aromatic rings. The quantitative estimate of drug-likeness (QED) is 0.603. The van der Waals surface area contributed by atoms with Crippen LogP contribution in [-0.4, -0.2) is 42.7 Å². The van der Waals surface area contributed by atoms with Crippen LogP contribution in [0.1, 0.15) is 16.1 Å². The number of halogens is 2. The minimum atomic E-state index is -4.34. The molecule has 0 fully saturated rings. The van der Waals surface area contributed by atoms with Crippen molar-refractivity contribution in [2.75, 3.05) is 18.8 Å². The van der Waals surface area contributed by atoms with Crippen LogP contribution in [0, 0.1) is 6.92 Å². The first-order chi connectivity index (χ1) is 14.5. The van der Waals surface area contributed by atoms with Crippen molar-refractivity contribution in [2.45, 2.75) is 11.8 Å². The number of nitrogens with one attached hydrogen (secondary N) is 1. The molecule has 0 saturated carbocycles. The number of sulfonamides is 1. The number of nitrogens with zero attached hydrogens (tertiary/aromatic N) is 3. The first-order valence-corrected chi connectivity index (χ1v) is 11.3. The first-order valence-electron chi connectivity index (χ1n) is 9.03. The van der Waals surface area contributed by atoms with Crippen LogP contribution in [0.25, 0.3) is 5.69 Å². The molecule has 0 spiro atoms. The predicted octanol–water partition coefficient (Wildman–Crippen LogP) is 3.29. The minimum absolute atomic E-state index is 0.0475. The Hall–Kier alpha value is -2.75. The third kappa shape index (κ3) is 4.21. The molecule has 31 heavy (non-hydrogen) atoms. The van der Waals surface area contributed by atoms with Gasteiger partial charge in [-0.2, -0.15) is 0 Å². The molecule has 0 aliphatic rings. The van der Waals surface area contributed by atoms with Crippen molar-refractivity contribution in [1.29, 1.82) is 0 Å². The summed E-state index contributed by atoms with van der Waals surface area (Å²) in [6, 6.07) is 11.2. The molecule has 0 saturated heterocycles. The zero-order valence-electron chi connectivity index (χ0n) is 17.2. The van der Waals surface area contributed by atoms with Gasteiger partial charge < -0.3 is 4.90 Å². The summed E-state index contributed by atoms with van der Waals surface area (Å²) in [6.07, 6.45) is 0. The number of benzene rings is 2. The molecule has 164 valence electrons. The van der Waals surface area contributed by atoms with Gasteiger partial charge in [-0.05, 0) is 31.2 Å². The summed E-state index contributed by atoms with van der Waals surface area (Å²) in [5.41, 5.74) is 0.315. The lowest BCUT2D eigenvalue weighted by molar-refractivity contribution is 0.0827. The van der Waals surface area contributed by atoms with E-state index in [1.165, 1.54) is 34.4 Å². The smallest absolute Gasteiger partial charge is 0.296 e. The molecule has 3 rings (SSSR count). The second-order valence-electron chi connectivity index (χ2n) is 7.01. The largest absolute Gasteiger partial charge is 0.345 e. The van der Waals surface area contributed by atoms with Gasteiger partial charge in [0.2, 0.25) is 0 Å². The lowest BCUT2D eigenvalue weighted by Gasteiger charge is -2.14. The summed E-state index contributed by atoms with van der Waals surface area (Å²) in [5, 5.41) is -0.345. The molecular formula is C20H20Cl2N4O4S. The van der Waals surface area contributed by atoms with E-state index in [-0.39, 0.29) is 21.3 Å². The number of hydrogen-bond donors (Lipinski definition) is 1. The van der Waals surface area contributed by atoms with Crippen LogP contribution < -0.4 is 10.3 Å². The molecule has 0 radical (unpaired) electrons. The Morgan fingerprint density at radius 3 is 2.29 bits per heavy atom. The maximum atomic E-state index is 13.1. The van der Waals surface area contributed by atoms with Gasteiger partial charge in [0, 0.05) is 26.7 Å². The van der Waals surface area contributed by atoms with Crippen molar-refractivity contribution in [1.82, 2.24) is 14.3 Å². The average molecular weight is 483 g/mol. The Morgan fingerprint density at radius 2 is 1.71 bits per heavy atom. The van der Waals surface area contributed by atoms with Gasteiger partial charge in [-0.15, -0.1) is 0 Å². The van der Waals surface area contributed by atoms with Gasteiger partial charge in [0.25, 0.3) is 21.5 Å². The van der Waals surface area contributed by atoms with Gasteiger partial charge in [0.05, 0.1) is 21.4 Å². The van der Waals surface area contributed by atoms with E-state index in [2.05, 4.69) is 4.72 Å². The van der Waals surface area contributed by atoms with E-state index in [0.29, 0.717) is 11.4 Å². The Morgan fingerprint density at radius 1 is 1.10 bits per heavy atom. The first kappa shape index (κ1) is 22.9. The van der Waals surface area contributed by atoms with Crippen LogP contribution in [0.4, 0.5) is 5.69 Å². The predicted molar refractivity (Wildman–Crippen MR) is 121 cm³/mol. The van der Waals surface area contributed by atoms with Crippen molar-refractivity contribution in [2.24, 2.45) is 7.05 Å². The molecule has 11 heteroatoms. The number of carbonyl (C=O) groups excluding carboxylic acids is 1. The minimum Gasteiger partial charge on any atom is -0.345 e. The number of rotatable bonds is 5. The summed E-state index contributed by atoms with van der Waals surface area (Å²) >= 11 is 12.2. The molecule has 1 aromatic heterocycles. The Kier molecular flexibility index (Phi) is 6.22. The number of carbonyl (C=O) groups is 1. The Bertz CT molecular complexity index is 1330. The number of para-hydroxylation sites is 1. The zero-order valence-corrected chi connectivity index (χ0v) is 19.5. The summed E-state index contributed by atoms with van der Waals surface area (Å²) in [4.78, 5) is 26.2. The standard InChI is InChI=1S/C20H20Cl2N4O4S/c1-12-18(20(28)26(25(12)4)14-8-6-5-7-9-14)23-31(29,30)16-11-13(19(27)24(2)3)10-15(21)17(16)22/h5-11,23H,1-4H3. The fourth-order valence-electron chi connectivity index (χ4n) is 3.02. The molecule has 1 amide bonds. The van der Waals surface area contributed by atoms with Gasteiger partial charge in [0.15, 0.2) is 0 Å². The summed E-state index contributed by atoms with van der Waals surface area (Å²) in [5.74, 6) is -0.447. The van der Waals surface area contributed by atoms with E-state index in [9.17, 15) is 18.0 Å². The molecule has 8 nitrogen and oxygen atoms in total. The monoisotopic (exact) mass is 482 g/mol. The van der Waals surface area contributed by atoms with Crippen LogP contribution in [0.15, 0.2) is 52.2 Å². The van der Waals surface area contributed by atoms with Crippen LogP contribution in [0.3, 0.4) is 0 Å². The van der Waals surface area contributed by atoms with Gasteiger partial charge in [-0.25, -0.2) is 13.1 Å². The molecule has 2 aromatic carbocycles. The highest BCUT2D eigenvalue weighted by atomic mass is 35.5. The third-order valence-corrected chi connectivity index (χ3v) is 7.02. The van der Waals surface area contributed by atoms with E-state index in [1.54, 1.807) is 38.2 Å². The highest BCUT2D eigenvalue weighted by Crippen LogP contribution is 2.32. The van der Waals surface area contributed by atoms with Crippen molar-refractivity contribution >= 4 is 44.8 Å². The van der Waals surface area contributed by atoms with Crippen LogP contribution in [0.2, 0.25) is 10.0 Å².